The molecule has 0 fully saturated rings. The number of halogens is 1. The largest absolute Gasteiger partial charge is 0.302 e. The number of thioether (sulfide) groups is 1. The first kappa shape index (κ1) is 16.5. The Balaban J connectivity index is 2.48. The van der Waals surface area contributed by atoms with Gasteiger partial charge >= 0.3 is 0 Å². The fourth-order valence-electron chi connectivity index (χ4n) is 1.83. The third-order valence-electron chi connectivity index (χ3n) is 2.56. The van der Waals surface area contributed by atoms with E-state index in [2.05, 4.69) is 23.7 Å². The topological polar surface area (TPSA) is 33.2 Å². The van der Waals surface area contributed by atoms with E-state index in [1.165, 1.54) is 5.56 Å². The van der Waals surface area contributed by atoms with Crippen LogP contribution in [0.25, 0.3) is 0 Å². The van der Waals surface area contributed by atoms with Gasteiger partial charge in [-0.3, -0.25) is 4.90 Å². The zero-order chi connectivity index (χ0) is 14.1. The molecular weight excluding hydrogens is 280 g/mol. The lowest BCUT2D eigenvalue weighted by molar-refractivity contribution is -0.105. The van der Waals surface area contributed by atoms with Crippen LogP contribution in [0.5, 0.6) is 0 Å². The van der Waals surface area contributed by atoms with Gasteiger partial charge in [-0.2, -0.15) is 11.8 Å². The van der Waals surface area contributed by atoms with Gasteiger partial charge < -0.3 is 4.79 Å². The van der Waals surface area contributed by atoms with Crippen LogP contribution in [0, 0.1) is 5.92 Å². The zero-order valence-electron chi connectivity index (χ0n) is 11.5. The summed E-state index contributed by atoms with van der Waals surface area (Å²) in [5, 5.41) is 0.528. The minimum absolute atomic E-state index is 0.528. The van der Waals surface area contributed by atoms with Crippen LogP contribution in [0.1, 0.15) is 19.4 Å². The molecular formula is C14H21ClN2OS. The van der Waals surface area contributed by atoms with Crippen LogP contribution < -0.4 is 0 Å². The van der Waals surface area contributed by atoms with Crippen molar-refractivity contribution in [2.45, 2.75) is 20.4 Å². The van der Waals surface area contributed by atoms with Crippen molar-refractivity contribution in [2.75, 3.05) is 24.6 Å². The Bertz CT molecular complexity index is 370. The summed E-state index contributed by atoms with van der Waals surface area (Å²) >= 11 is 7.47. The molecule has 0 aliphatic carbocycles. The summed E-state index contributed by atoms with van der Waals surface area (Å²) in [5.41, 5.74) is 1.17. The van der Waals surface area contributed by atoms with Gasteiger partial charge in [0.25, 0.3) is 0 Å². The summed E-state index contributed by atoms with van der Waals surface area (Å²) in [4.78, 5) is 16.8. The molecule has 3 nitrogen and oxygen atoms in total. The van der Waals surface area contributed by atoms with Crippen LogP contribution in [0.4, 0.5) is 0 Å². The number of aldehydes is 1. The van der Waals surface area contributed by atoms with Crippen LogP contribution >= 0.6 is 23.4 Å². The van der Waals surface area contributed by atoms with E-state index in [1.54, 1.807) is 11.8 Å². The van der Waals surface area contributed by atoms with E-state index in [4.69, 9.17) is 11.6 Å². The van der Waals surface area contributed by atoms with Gasteiger partial charge in [0.1, 0.15) is 11.4 Å². The van der Waals surface area contributed by atoms with E-state index in [9.17, 15) is 4.79 Å². The summed E-state index contributed by atoms with van der Waals surface area (Å²) in [6.07, 6.45) is 2.79. The van der Waals surface area contributed by atoms with E-state index in [0.29, 0.717) is 16.8 Å². The van der Waals surface area contributed by atoms with Crippen LogP contribution in [-0.4, -0.2) is 40.8 Å². The van der Waals surface area contributed by atoms with Crippen molar-refractivity contribution in [1.82, 2.24) is 9.88 Å². The molecule has 0 atom stereocenters. The number of hydrogen-bond acceptors (Lipinski definition) is 4. The normalized spacial score (nSPS) is 11.2. The van der Waals surface area contributed by atoms with Gasteiger partial charge in [-0.15, -0.1) is 0 Å². The predicted octanol–water partition coefficient (Wildman–Crippen LogP) is 3.13. The quantitative estimate of drug-likeness (QED) is 0.398. The molecule has 0 saturated heterocycles. The number of hydrogen-bond donors (Lipinski definition) is 0. The van der Waals surface area contributed by atoms with Crippen LogP contribution in [-0.2, 0) is 11.3 Å². The molecule has 1 aromatic rings. The minimum atomic E-state index is 0.528. The summed E-state index contributed by atoms with van der Waals surface area (Å²) in [7, 11) is 0. The van der Waals surface area contributed by atoms with Gasteiger partial charge in [0.2, 0.25) is 0 Å². The monoisotopic (exact) mass is 300 g/mol. The molecule has 19 heavy (non-hydrogen) atoms. The molecule has 0 radical (unpaired) electrons. The molecule has 106 valence electrons. The van der Waals surface area contributed by atoms with E-state index in [0.717, 1.165) is 31.7 Å². The predicted molar refractivity (Wildman–Crippen MR) is 82.8 cm³/mol. The van der Waals surface area contributed by atoms with E-state index in [-0.39, 0.29) is 0 Å². The second-order valence-corrected chi connectivity index (χ2v) is 6.40. The summed E-state index contributed by atoms with van der Waals surface area (Å²) in [6.45, 7) is 7.34. The Labute approximate surface area is 124 Å². The van der Waals surface area contributed by atoms with Crippen molar-refractivity contribution in [3.63, 3.8) is 0 Å². The van der Waals surface area contributed by atoms with E-state index < -0.39 is 0 Å². The number of nitrogens with zero attached hydrogens (tertiary/aromatic N) is 2. The zero-order valence-corrected chi connectivity index (χ0v) is 13.1. The van der Waals surface area contributed by atoms with E-state index in [1.807, 2.05) is 18.3 Å². The second-order valence-electron chi connectivity index (χ2n) is 4.86. The standard InChI is InChI=1S/C14H21ClN2OS/c1-12(2)10-17(5-7-19-8-6-18)11-13-3-4-14(15)16-9-13/h3-4,6,9,12H,5,7-8,10-11H2,1-2H3. The van der Waals surface area contributed by atoms with Crippen LogP contribution in [0.15, 0.2) is 18.3 Å². The van der Waals surface area contributed by atoms with Crippen molar-refractivity contribution in [1.29, 1.82) is 0 Å². The molecule has 0 aliphatic rings. The van der Waals surface area contributed by atoms with Crippen molar-refractivity contribution in [3.8, 4) is 0 Å². The second kappa shape index (κ2) is 9.34. The summed E-state index contributed by atoms with van der Waals surface area (Å²) in [5.74, 6) is 2.18. The third kappa shape index (κ3) is 7.55. The van der Waals surface area contributed by atoms with Crippen molar-refractivity contribution in [2.24, 2.45) is 5.92 Å². The van der Waals surface area contributed by atoms with Gasteiger partial charge in [-0.05, 0) is 17.5 Å². The molecule has 0 bridgehead atoms. The molecule has 1 heterocycles. The molecule has 0 N–H and O–H groups in total. The van der Waals surface area contributed by atoms with Gasteiger partial charge in [-0.1, -0.05) is 31.5 Å². The van der Waals surface area contributed by atoms with Crippen molar-refractivity contribution >= 4 is 29.6 Å². The van der Waals surface area contributed by atoms with E-state index >= 15 is 0 Å². The molecule has 0 amide bonds. The first-order valence-corrected chi connectivity index (χ1v) is 7.99. The lowest BCUT2D eigenvalue weighted by atomic mass is 10.2. The first-order valence-electron chi connectivity index (χ1n) is 6.46. The fraction of sp³-hybridized carbons (Fsp3) is 0.571. The van der Waals surface area contributed by atoms with Gasteiger partial charge in [0.15, 0.2) is 0 Å². The number of rotatable bonds is 9. The first-order chi connectivity index (χ1) is 9.11. The minimum Gasteiger partial charge on any atom is -0.302 e. The highest BCUT2D eigenvalue weighted by atomic mass is 35.5. The SMILES string of the molecule is CC(C)CN(CCSCC=O)Cc1ccc(Cl)nc1. The molecule has 0 spiro atoms. The molecule has 0 aliphatic heterocycles. The smallest absolute Gasteiger partial charge is 0.129 e. The molecule has 1 rings (SSSR count). The lowest BCUT2D eigenvalue weighted by Gasteiger charge is -2.24. The Hall–Kier alpha value is -0.580. The average molecular weight is 301 g/mol. The van der Waals surface area contributed by atoms with Crippen LogP contribution in [0.3, 0.4) is 0 Å². The van der Waals surface area contributed by atoms with Gasteiger partial charge in [0.05, 0.1) is 0 Å². The third-order valence-corrected chi connectivity index (χ3v) is 3.62. The highest BCUT2D eigenvalue weighted by Crippen LogP contribution is 2.11. The number of pyridine rings is 1. The number of carbonyl (C=O) groups excluding carboxylic acids is 1. The molecule has 0 aromatic carbocycles. The van der Waals surface area contributed by atoms with Gasteiger partial charge in [0, 0.05) is 37.3 Å². The fourth-order valence-corrected chi connectivity index (χ4v) is 2.60. The molecule has 0 saturated carbocycles. The maximum atomic E-state index is 10.3. The number of aromatic nitrogens is 1. The van der Waals surface area contributed by atoms with Crippen LogP contribution in [0.2, 0.25) is 5.15 Å². The summed E-state index contributed by atoms with van der Waals surface area (Å²) in [6, 6.07) is 3.84. The Morgan fingerprint density at radius 2 is 2.26 bits per heavy atom. The van der Waals surface area contributed by atoms with Gasteiger partial charge in [-0.25, -0.2) is 4.98 Å². The Morgan fingerprint density at radius 3 is 2.84 bits per heavy atom. The van der Waals surface area contributed by atoms with Crippen molar-refractivity contribution < 1.29 is 4.79 Å². The molecule has 0 unspecified atom stereocenters. The average Bonchev–Trinajstić information content (AvgIpc) is 2.36. The summed E-state index contributed by atoms with van der Waals surface area (Å²) < 4.78 is 0. The Morgan fingerprint density at radius 1 is 1.47 bits per heavy atom. The molecule has 1 aromatic heterocycles. The maximum Gasteiger partial charge on any atom is 0.129 e. The molecule has 5 heteroatoms. The Kier molecular flexibility index (Phi) is 8.10. The number of carbonyl (C=O) groups is 1. The van der Waals surface area contributed by atoms with Crippen molar-refractivity contribution in [3.05, 3.63) is 29.0 Å². The maximum absolute atomic E-state index is 10.3. The lowest BCUT2D eigenvalue weighted by Crippen LogP contribution is -2.29. The highest BCUT2D eigenvalue weighted by Gasteiger charge is 2.08. The highest BCUT2D eigenvalue weighted by molar-refractivity contribution is 7.99.